The standard InChI is InChI=1S/C18H42N4O/c1-9-19(10-2)17(20(11-3)12-4)23-18(21(13-5)14-6)22(15-7)16-8/h17-18H,9-16H2,1-8H3. The van der Waals surface area contributed by atoms with Crippen LogP contribution in [0.2, 0.25) is 0 Å². The van der Waals surface area contributed by atoms with Crippen molar-refractivity contribution >= 4 is 0 Å². The molecule has 0 saturated carbocycles. The van der Waals surface area contributed by atoms with E-state index >= 15 is 0 Å². The molecule has 5 heteroatoms. The van der Waals surface area contributed by atoms with Gasteiger partial charge in [0, 0.05) is 0 Å². The number of hydrogen-bond donors (Lipinski definition) is 0. The molecule has 5 nitrogen and oxygen atoms in total. The highest BCUT2D eigenvalue weighted by Gasteiger charge is 2.30. The molecule has 0 radical (unpaired) electrons. The highest BCUT2D eigenvalue weighted by atomic mass is 16.6. The second-order valence-electron chi connectivity index (χ2n) is 5.67. The Hall–Kier alpha value is -0.200. The molecule has 0 rings (SSSR count). The zero-order valence-electron chi connectivity index (χ0n) is 17.0. The van der Waals surface area contributed by atoms with Gasteiger partial charge in [-0.05, 0) is 52.4 Å². The van der Waals surface area contributed by atoms with Crippen molar-refractivity contribution in [2.75, 3.05) is 52.4 Å². The van der Waals surface area contributed by atoms with E-state index in [9.17, 15) is 0 Å². The number of nitrogens with zero attached hydrogens (tertiary/aromatic N) is 4. The van der Waals surface area contributed by atoms with Crippen LogP contribution in [-0.4, -0.2) is 84.7 Å². The van der Waals surface area contributed by atoms with E-state index < -0.39 is 0 Å². The smallest absolute Gasteiger partial charge is 0.172 e. The van der Waals surface area contributed by atoms with E-state index in [-0.39, 0.29) is 12.7 Å². The van der Waals surface area contributed by atoms with Crippen LogP contribution >= 0.6 is 0 Å². The number of rotatable bonds is 14. The highest BCUT2D eigenvalue weighted by Crippen LogP contribution is 2.16. The fourth-order valence-corrected chi connectivity index (χ4v) is 3.06. The highest BCUT2D eigenvalue weighted by molar-refractivity contribution is 4.68. The molecule has 0 N–H and O–H groups in total. The van der Waals surface area contributed by atoms with Crippen LogP contribution in [-0.2, 0) is 4.74 Å². The number of ether oxygens (including phenoxy) is 1. The monoisotopic (exact) mass is 330 g/mol. The second-order valence-corrected chi connectivity index (χ2v) is 5.67. The molecule has 0 bridgehead atoms. The Morgan fingerprint density at radius 3 is 0.739 bits per heavy atom. The minimum absolute atomic E-state index is 0.0335. The largest absolute Gasteiger partial charge is 0.318 e. The summed E-state index contributed by atoms with van der Waals surface area (Å²) in [6.07, 6.45) is 0.0670. The first-order valence-electron chi connectivity index (χ1n) is 9.69. The fourth-order valence-electron chi connectivity index (χ4n) is 3.06. The van der Waals surface area contributed by atoms with Crippen molar-refractivity contribution in [1.82, 2.24) is 19.6 Å². The lowest BCUT2D eigenvalue weighted by Crippen LogP contribution is -2.58. The molecule has 0 spiro atoms. The molecular weight excluding hydrogens is 288 g/mol. The summed E-state index contributed by atoms with van der Waals surface area (Å²) < 4.78 is 6.73. The van der Waals surface area contributed by atoms with Crippen molar-refractivity contribution in [2.24, 2.45) is 0 Å². The van der Waals surface area contributed by atoms with Gasteiger partial charge in [-0.3, -0.25) is 19.6 Å². The van der Waals surface area contributed by atoms with Crippen LogP contribution in [0, 0.1) is 0 Å². The lowest BCUT2D eigenvalue weighted by Gasteiger charge is -2.44. The van der Waals surface area contributed by atoms with Gasteiger partial charge >= 0.3 is 0 Å². The first-order chi connectivity index (χ1) is 11.1. The average molecular weight is 331 g/mol. The summed E-state index contributed by atoms with van der Waals surface area (Å²) in [7, 11) is 0. The Balaban J connectivity index is 5.46. The summed E-state index contributed by atoms with van der Waals surface area (Å²) in [6, 6.07) is 0. The van der Waals surface area contributed by atoms with Gasteiger partial charge in [0.25, 0.3) is 0 Å². The van der Waals surface area contributed by atoms with E-state index in [4.69, 9.17) is 4.74 Å². The minimum Gasteiger partial charge on any atom is -0.318 e. The third-order valence-electron chi connectivity index (χ3n) is 4.74. The van der Waals surface area contributed by atoms with Gasteiger partial charge in [0.1, 0.15) is 0 Å². The van der Waals surface area contributed by atoms with Crippen LogP contribution in [0.4, 0.5) is 0 Å². The SMILES string of the molecule is CCN(CC)C(OC(N(CC)CC)N(CC)CC)N(CC)CC. The van der Waals surface area contributed by atoms with Crippen molar-refractivity contribution in [3.63, 3.8) is 0 Å². The maximum Gasteiger partial charge on any atom is 0.172 e. The average Bonchev–Trinajstić information content (AvgIpc) is 2.58. The Kier molecular flexibility index (Phi) is 13.0. The molecule has 0 fully saturated rings. The number of hydrogen-bond acceptors (Lipinski definition) is 5. The molecule has 23 heavy (non-hydrogen) atoms. The lowest BCUT2D eigenvalue weighted by atomic mass is 10.4. The van der Waals surface area contributed by atoms with E-state index in [0.717, 1.165) is 52.4 Å². The summed E-state index contributed by atoms with van der Waals surface area (Å²) in [4.78, 5) is 9.64. The molecular formula is C18H42N4O. The summed E-state index contributed by atoms with van der Waals surface area (Å²) in [5.74, 6) is 0. The van der Waals surface area contributed by atoms with E-state index in [1.54, 1.807) is 0 Å². The van der Waals surface area contributed by atoms with Crippen LogP contribution in [0.15, 0.2) is 0 Å². The topological polar surface area (TPSA) is 22.2 Å². The van der Waals surface area contributed by atoms with Crippen LogP contribution < -0.4 is 0 Å². The van der Waals surface area contributed by atoms with E-state index in [2.05, 4.69) is 75.0 Å². The molecule has 0 heterocycles. The maximum atomic E-state index is 6.73. The molecule has 0 aromatic carbocycles. The summed E-state index contributed by atoms with van der Waals surface area (Å²) in [6.45, 7) is 25.7. The summed E-state index contributed by atoms with van der Waals surface area (Å²) >= 11 is 0. The van der Waals surface area contributed by atoms with Crippen molar-refractivity contribution < 1.29 is 4.74 Å². The van der Waals surface area contributed by atoms with Crippen LogP contribution in [0.3, 0.4) is 0 Å². The van der Waals surface area contributed by atoms with E-state index in [0.29, 0.717) is 0 Å². The van der Waals surface area contributed by atoms with Gasteiger partial charge in [0.2, 0.25) is 0 Å². The molecule has 0 atom stereocenters. The summed E-state index contributed by atoms with van der Waals surface area (Å²) in [5, 5.41) is 0. The molecule has 0 unspecified atom stereocenters. The maximum absolute atomic E-state index is 6.73. The normalized spacial score (nSPS) is 12.8. The zero-order chi connectivity index (χ0) is 17.8. The van der Waals surface area contributed by atoms with Crippen LogP contribution in [0.25, 0.3) is 0 Å². The fraction of sp³-hybridized carbons (Fsp3) is 1.00. The van der Waals surface area contributed by atoms with Crippen LogP contribution in [0.1, 0.15) is 55.4 Å². The molecule has 140 valence electrons. The first kappa shape index (κ1) is 22.8. The molecule has 0 aliphatic rings. The molecule has 0 aliphatic carbocycles. The summed E-state index contributed by atoms with van der Waals surface area (Å²) in [5.41, 5.74) is 0. The van der Waals surface area contributed by atoms with Crippen LogP contribution in [0.5, 0.6) is 0 Å². The van der Waals surface area contributed by atoms with Gasteiger partial charge < -0.3 is 4.74 Å². The Morgan fingerprint density at radius 2 is 0.609 bits per heavy atom. The predicted molar refractivity (Wildman–Crippen MR) is 100 cm³/mol. The van der Waals surface area contributed by atoms with E-state index in [1.165, 1.54) is 0 Å². The van der Waals surface area contributed by atoms with Crippen molar-refractivity contribution in [2.45, 2.75) is 68.1 Å². The van der Waals surface area contributed by atoms with Gasteiger partial charge in [0.15, 0.2) is 12.7 Å². The quantitative estimate of drug-likeness (QED) is 0.456. The second kappa shape index (κ2) is 13.1. The molecule has 0 aromatic rings. The molecule has 0 aromatic heterocycles. The Bertz CT molecular complexity index is 212. The van der Waals surface area contributed by atoms with E-state index in [1.807, 2.05) is 0 Å². The van der Waals surface area contributed by atoms with Crippen molar-refractivity contribution in [1.29, 1.82) is 0 Å². The van der Waals surface area contributed by atoms with Crippen molar-refractivity contribution in [3.8, 4) is 0 Å². The Morgan fingerprint density at radius 1 is 0.435 bits per heavy atom. The third kappa shape index (κ3) is 6.67. The molecule has 0 saturated heterocycles. The van der Waals surface area contributed by atoms with Gasteiger partial charge in [-0.2, -0.15) is 0 Å². The zero-order valence-corrected chi connectivity index (χ0v) is 17.0. The predicted octanol–water partition coefficient (Wildman–Crippen LogP) is 2.94. The first-order valence-corrected chi connectivity index (χ1v) is 9.69. The Labute approximate surface area is 145 Å². The van der Waals surface area contributed by atoms with Crippen molar-refractivity contribution in [3.05, 3.63) is 0 Å². The molecule has 0 aliphatic heterocycles. The van der Waals surface area contributed by atoms with Gasteiger partial charge in [-0.25, -0.2) is 0 Å². The third-order valence-corrected chi connectivity index (χ3v) is 4.74. The minimum atomic E-state index is 0.0335. The lowest BCUT2D eigenvalue weighted by molar-refractivity contribution is -0.254. The van der Waals surface area contributed by atoms with Gasteiger partial charge in [-0.1, -0.05) is 55.4 Å². The van der Waals surface area contributed by atoms with Gasteiger partial charge in [0.05, 0.1) is 0 Å². The molecule has 0 amide bonds. The van der Waals surface area contributed by atoms with Gasteiger partial charge in [-0.15, -0.1) is 0 Å².